The van der Waals surface area contributed by atoms with Crippen LogP contribution in [0.15, 0.2) is 249 Å². The second-order valence-corrected chi connectivity index (χ2v) is 21.7. The van der Waals surface area contributed by atoms with E-state index in [-0.39, 0.29) is 0 Å². The third kappa shape index (κ3) is 6.73. The normalized spacial score (nSPS) is 11.9. The predicted octanol–water partition coefficient (Wildman–Crippen LogP) is 19.1. The summed E-state index contributed by atoms with van der Waals surface area (Å²) in [5.41, 5.74) is 13.8. The first kappa shape index (κ1) is 42.9. The number of fused-ring (bicyclic) bond motifs is 12. The molecule has 0 fully saturated rings. The van der Waals surface area contributed by atoms with Gasteiger partial charge in [-0.3, -0.25) is 0 Å². The van der Waals surface area contributed by atoms with Crippen molar-refractivity contribution >= 4 is 107 Å². The standard InChI is InChI=1S/C69H41N5S2/c1-3-17-42(18-4-1)56-37-46(69-71-67(44-31-34-54-52-24-10-15-29-62(52)75-64(54)39-44)70-68(72-69)45-32-35-55-53-25-11-16-30-63(53)76-65(55)40-45)38-57(43-19-5-2-6-20-43)66(56)74-60-28-14-9-23-50(60)51-36-33-47(41-61(51)74)73-58-26-12-7-21-48(58)49-22-8-13-27-59(49)73/h1-41H. The van der Waals surface area contributed by atoms with Gasteiger partial charge in [0.25, 0.3) is 0 Å². The zero-order valence-corrected chi connectivity index (χ0v) is 42.4. The van der Waals surface area contributed by atoms with Crippen LogP contribution in [0, 0.1) is 0 Å². The van der Waals surface area contributed by atoms with E-state index in [1.165, 1.54) is 72.9 Å². The van der Waals surface area contributed by atoms with Gasteiger partial charge in [0.1, 0.15) is 0 Å². The van der Waals surface area contributed by atoms with Crippen LogP contribution in [0.25, 0.3) is 152 Å². The van der Waals surface area contributed by atoms with E-state index in [4.69, 9.17) is 15.0 Å². The highest BCUT2D eigenvalue weighted by molar-refractivity contribution is 7.26. The number of thiophene rings is 2. The molecule has 0 N–H and O–H groups in total. The number of hydrogen-bond acceptors (Lipinski definition) is 5. The number of rotatable bonds is 7. The molecule has 76 heavy (non-hydrogen) atoms. The number of aromatic nitrogens is 5. The molecule has 0 aliphatic heterocycles. The Morgan fingerprint density at radius 3 is 1.13 bits per heavy atom. The van der Waals surface area contributed by atoms with Crippen molar-refractivity contribution in [3.8, 4) is 67.8 Å². The Bertz CT molecular complexity index is 4760. The summed E-state index contributed by atoms with van der Waals surface area (Å²) in [6.45, 7) is 0. The van der Waals surface area contributed by atoms with Gasteiger partial charge >= 0.3 is 0 Å². The van der Waals surface area contributed by atoms with Crippen molar-refractivity contribution in [1.82, 2.24) is 24.1 Å². The minimum absolute atomic E-state index is 0.602. The summed E-state index contributed by atoms with van der Waals surface area (Å²) in [5.74, 6) is 1.86. The van der Waals surface area contributed by atoms with Crippen LogP contribution in [0.4, 0.5) is 0 Å². The first-order valence-electron chi connectivity index (χ1n) is 25.6. The van der Waals surface area contributed by atoms with Gasteiger partial charge in [0, 0.05) is 95.4 Å². The van der Waals surface area contributed by atoms with Crippen LogP contribution in [-0.4, -0.2) is 24.1 Å². The number of benzene rings is 11. The summed E-state index contributed by atoms with van der Waals surface area (Å²) < 4.78 is 9.83. The Kier molecular flexibility index (Phi) is 9.61. The molecule has 0 saturated carbocycles. The molecule has 0 atom stereocenters. The maximum atomic E-state index is 5.48. The summed E-state index contributed by atoms with van der Waals surface area (Å²) in [6.07, 6.45) is 0. The molecule has 0 aliphatic rings. The third-order valence-electron chi connectivity index (χ3n) is 15.2. The highest BCUT2D eigenvalue weighted by Crippen LogP contribution is 2.46. The summed E-state index contributed by atoms with van der Waals surface area (Å²) in [5, 5.41) is 9.82. The van der Waals surface area contributed by atoms with Gasteiger partial charge in [-0.2, -0.15) is 0 Å². The summed E-state index contributed by atoms with van der Waals surface area (Å²) in [7, 11) is 0. The molecule has 16 rings (SSSR count). The third-order valence-corrected chi connectivity index (χ3v) is 17.4. The van der Waals surface area contributed by atoms with Crippen molar-refractivity contribution in [2.75, 3.05) is 0 Å². The van der Waals surface area contributed by atoms with Crippen molar-refractivity contribution in [1.29, 1.82) is 0 Å². The number of nitrogens with zero attached hydrogens (tertiary/aromatic N) is 5. The van der Waals surface area contributed by atoms with Crippen molar-refractivity contribution in [2.45, 2.75) is 0 Å². The van der Waals surface area contributed by atoms with E-state index in [0.29, 0.717) is 17.5 Å². The van der Waals surface area contributed by atoms with Crippen molar-refractivity contribution in [2.24, 2.45) is 0 Å². The fourth-order valence-corrected chi connectivity index (χ4v) is 14.0. The molecule has 5 nitrogen and oxygen atoms in total. The molecule has 5 heterocycles. The van der Waals surface area contributed by atoms with Crippen LogP contribution in [0.2, 0.25) is 0 Å². The first-order valence-corrected chi connectivity index (χ1v) is 27.2. The zero-order chi connectivity index (χ0) is 49.8. The maximum absolute atomic E-state index is 5.48. The lowest BCUT2D eigenvalue weighted by molar-refractivity contribution is 1.07. The first-order chi connectivity index (χ1) is 37.7. The minimum Gasteiger partial charge on any atom is -0.309 e. The van der Waals surface area contributed by atoms with Gasteiger partial charge in [0.2, 0.25) is 0 Å². The fourth-order valence-electron chi connectivity index (χ4n) is 11.7. The summed E-state index contributed by atoms with van der Waals surface area (Å²) >= 11 is 3.61. The predicted molar refractivity (Wildman–Crippen MR) is 321 cm³/mol. The van der Waals surface area contributed by atoms with Gasteiger partial charge in [-0.05, 0) is 77.9 Å². The Morgan fingerprint density at radius 1 is 0.250 bits per heavy atom. The molecule has 16 aromatic rings. The Morgan fingerprint density at radius 2 is 0.632 bits per heavy atom. The molecule has 0 saturated heterocycles. The second-order valence-electron chi connectivity index (χ2n) is 19.5. The van der Waals surface area contributed by atoms with Crippen LogP contribution in [0.5, 0.6) is 0 Å². The van der Waals surface area contributed by atoms with Crippen molar-refractivity contribution in [3.05, 3.63) is 249 Å². The van der Waals surface area contributed by atoms with E-state index >= 15 is 0 Å². The summed E-state index contributed by atoms with van der Waals surface area (Å²) in [6, 6.07) is 90.1. The van der Waals surface area contributed by atoms with E-state index in [2.05, 4.69) is 258 Å². The second kappa shape index (κ2) is 17.0. The van der Waals surface area contributed by atoms with Crippen LogP contribution in [-0.2, 0) is 0 Å². The van der Waals surface area contributed by atoms with Gasteiger partial charge in [-0.1, -0.05) is 182 Å². The lowest BCUT2D eigenvalue weighted by atomic mass is 9.92. The van der Waals surface area contributed by atoms with Crippen molar-refractivity contribution < 1.29 is 0 Å². The average Bonchev–Trinajstić information content (AvgIpc) is 4.29. The molecule has 5 aromatic heterocycles. The molecule has 0 bridgehead atoms. The topological polar surface area (TPSA) is 48.5 Å². The average molecular weight is 1000 g/mol. The van der Waals surface area contributed by atoms with Crippen LogP contribution in [0.3, 0.4) is 0 Å². The maximum Gasteiger partial charge on any atom is 0.164 e. The SMILES string of the molecule is c1ccc(-c2cc(-c3nc(-c4ccc5c(c4)sc4ccccc45)nc(-c4ccc5c(c4)sc4ccccc45)n3)cc(-c3ccccc3)c2-n2c3ccccc3c3ccc(-n4c5ccccc5c5ccccc54)cc32)cc1. The van der Waals surface area contributed by atoms with Crippen molar-refractivity contribution in [3.63, 3.8) is 0 Å². The largest absolute Gasteiger partial charge is 0.309 e. The zero-order valence-electron chi connectivity index (χ0n) is 40.7. The highest BCUT2D eigenvalue weighted by atomic mass is 32.1. The molecular weight excluding hydrogens is 963 g/mol. The van der Waals surface area contributed by atoms with Gasteiger partial charge in [0.05, 0.1) is 27.8 Å². The van der Waals surface area contributed by atoms with Crippen LogP contribution >= 0.6 is 22.7 Å². The quantitative estimate of drug-likeness (QED) is 0.160. The molecule has 0 radical (unpaired) electrons. The van der Waals surface area contributed by atoms with E-state index in [1.807, 2.05) is 0 Å². The summed E-state index contributed by atoms with van der Waals surface area (Å²) in [4.78, 5) is 16.3. The smallest absolute Gasteiger partial charge is 0.164 e. The Hall–Kier alpha value is -9.53. The van der Waals surface area contributed by atoms with E-state index in [1.54, 1.807) is 22.7 Å². The molecule has 0 spiro atoms. The van der Waals surface area contributed by atoms with E-state index < -0.39 is 0 Å². The number of hydrogen-bond donors (Lipinski definition) is 0. The van der Waals surface area contributed by atoms with Gasteiger partial charge in [-0.25, -0.2) is 15.0 Å². The van der Waals surface area contributed by atoms with Crippen LogP contribution in [0.1, 0.15) is 0 Å². The van der Waals surface area contributed by atoms with Crippen LogP contribution < -0.4 is 0 Å². The Balaban J connectivity index is 0.976. The molecule has 0 aliphatic carbocycles. The molecule has 0 unspecified atom stereocenters. The fraction of sp³-hybridized carbons (Fsp3) is 0. The van der Waals surface area contributed by atoms with E-state index in [0.717, 1.165) is 61.4 Å². The van der Waals surface area contributed by atoms with Gasteiger partial charge in [0.15, 0.2) is 17.5 Å². The molecule has 11 aromatic carbocycles. The molecule has 354 valence electrons. The monoisotopic (exact) mass is 1000 g/mol. The highest BCUT2D eigenvalue weighted by Gasteiger charge is 2.25. The minimum atomic E-state index is 0.602. The van der Waals surface area contributed by atoms with Gasteiger partial charge in [-0.15, -0.1) is 22.7 Å². The lowest BCUT2D eigenvalue weighted by Crippen LogP contribution is -2.04. The van der Waals surface area contributed by atoms with Gasteiger partial charge < -0.3 is 9.13 Å². The molecule has 0 amide bonds. The lowest BCUT2D eigenvalue weighted by Gasteiger charge is -2.21. The molecule has 7 heteroatoms. The number of para-hydroxylation sites is 3. The van der Waals surface area contributed by atoms with E-state index in [9.17, 15) is 0 Å². The molecular formula is C69H41N5S2. The Labute approximate surface area is 444 Å².